The second kappa shape index (κ2) is 4.19. The smallest absolute Gasteiger partial charge is 0.184 e. The molecule has 0 bridgehead atoms. The van der Waals surface area contributed by atoms with Crippen molar-refractivity contribution in [3.05, 3.63) is 34.9 Å². The van der Waals surface area contributed by atoms with Gasteiger partial charge in [-0.15, -0.1) is 0 Å². The predicted octanol–water partition coefficient (Wildman–Crippen LogP) is 2.62. The molecule has 2 atom stereocenters. The number of aryl methyl sites for hydroxylation is 2. The van der Waals surface area contributed by atoms with Gasteiger partial charge in [0.15, 0.2) is 5.78 Å². The fraction of sp³-hybridized carbons (Fsp3) is 0.471. The highest BCUT2D eigenvalue weighted by molar-refractivity contribution is 6.03. The van der Waals surface area contributed by atoms with Gasteiger partial charge in [-0.05, 0) is 60.1 Å². The van der Waals surface area contributed by atoms with Gasteiger partial charge in [-0.3, -0.25) is 4.79 Å². The van der Waals surface area contributed by atoms with Gasteiger partial charge in [0.25, 0.3) is 0 Å². The summed E-state index contributed by atoms with van der Waals surface area (Å²) < 4.78 is 0. The second-order valence-electron chi connectivity index (χ2n) is 6.61. The van der Waals surface area contributed by atoms with Crippen LogP contribution in [0.3, 0.4) is 0 Å². The first-order chi connectivity index (χ1) is 9.32. The zero-order valence-electron chi connectivity index (χ0n) is 12.1. The lowest BCUT2D eigenvalue weighted by Gasteiger charge is -2.44. The number of benzene rings is 1. The molecule has 2 N–H and O–H groups in total. The van der Waals surface area contributed by atoms with Gasteiger partial charge in [0.1, 0.15) is 11.9 Å². The number of phenols is 1. The van der Waals surface area contributed by atoms with E-state index in [9.17, 15) is 15.0 Å². The molecule has 0 unspecified atom stereocenters. The van der Waals surface area contributed by atoms with Gasteiger partial charge in [0.2, 0.25) is 0 Å². The van der Waals surface area contributed by atoms with E-state index in [2.05, 4.69) is 0 Å². The molecule has 2 aliphatic carbocycles. The van der Waals surface area contributed by atoms with E-state index in [4.69, 9.17) is 0 Å². The van der Waals surface area contributed by atoms with Crippen molar-refractivity contribution in [2.45, 2.75) is 39.7 Å². The minimum Gasteiger partial charge on any atom is -0.508 e. The number of fused-ring (bicyclic) bond motifs is 3. The summed E-state index contributed by atoms with van der Waals surface area (Å²) >= 11 is 0. The predicted molar refractivity (Wildman–Crippen MR) is 77.4 cm³/mol. The molecule has 20 heavy (non-hydrogen) atoms. The molecule has 0 aromatic heterocycles. The van der Waals surface area contributed by atoms with Gasteiger partial charge in [0.05, 0.1) is 0 Å². The molecule has 3 rings (SSSR count). The summed E-state index contributed by atoms with van der Waals surface area (Å²) in [6.45, 7) is 5.79. The monoisotopic (exact) mass is 272 g/mol. The molecule has 0 fully saturated rings. The van der Waals surface area contributed by atoms with E-state index in [1.807, 2.05) is 26.8 Å². The van der Waals surface area contributed by atoms with Crippen molar-refractivity contribution in [3.63, 3.8) is 0 Å². The number of ketones is 1. The quantitative estimate of drug-likeness (QED) is 0.763. The number of aromatic hydroxyl groups is 1. The fourth-order valence-electron chi connectivity index (χ4n) is 3.62. The standard InChI is InChI=1S/C17H20O3/c1-9-6-10-4-5-13-12(11(10)7-14(9)18)8-15(19)16(20)17(13,2)3/h6-8,13,16,18,20H,4-5H2,1-3H3/t13-,16-/m1/s1. The molecule has 0 radical (unpaired) electrons. The van der Waals surface area contributed by atoms with E-state index in [1.165, 1.54) is 5.56 Å². The topological polar surface area (TPSA) is 57.5 Å². The molecule has 106 valence electrons. The Bertz CT molecular complexity index is 625. The third kappa shape index (κ3) is 1.73. The summed E-state index contributed by atoms with van der Waals surface area (Å²) in [6, 6.07) is 3.77. The van der Waals surface area contributed by atoms with E-state index in [-0.39, 0.29) is 17.5 Å². The van der Waals surface area contributed by atoms with Crippen molar-refractivity contribution < 1.29 is 15.0 Å². The number of hydrogen-bond donors (Lipinski definition) is 2. The number of phenolic OH excluding ortho intramolecular Hbond substituents is 1. The van der Waals surface area contributed by atoms with Crippen LogP contribution in [-0.2, 0) is 11.2 Å². The van der Waals surface area contributed by atoms with Gasteiger partial charge in [0, 0.05) is 5.41 Å². The largest absolute Gasteiger partial charge is 0.508 e. The van der Waals surface area contributed by atoms with E-state index in [0.717, 1.165) is 29.5 Å². The van der Waals surface area contributed by atoms with Gasteiger partial charge in [-0.2, -0.15) is 0 Å². The first-order valence-corrected chi connectivity index (χ1v) is 7.08. The molecule has 0 aliphatic heterocycles. The maximum Gasteiger partial charge on any atom is 0.184 e. The van der Waals surface area contributed by atoms with Crippen LogP contribution in [0, 0.1) is 18.3 Å². The van der Waals surface area contributed by atoms with Gasteiger partial charge in [-0.1, -0.05) is 19.9 Å². The molecule has 3 heteroatoms. The fourth-order valence-corrected chi connectivity index (χ4v) is 3.62. The van der Waals surface area contributed by atoms with Crippen LogP contribution in [0.4, 0.5) is 0 Å². The van der Waals surface area contributed by atoms with Gasteiger partial charge in [-0.25, -0.2) is 0 Å². The van der Waals surface area contributed by atoms with Crippen molar-refractivity contribution in [2.24, 2.45) is 11.3 Å². The van der Waals surface area contributed by atoms with Crippen molar-refractivity contribution in [2.75, 3.05) is 0 Å². The van der Waals surface area contributed by atoms with Crippen molar-refractivity contribution in [1.29, 1.82) is 0 Å². The Morgan fingerprint density at radius 3 is 2.70 bits per heavy atom. The summed E-state index contributed by atoms with van der Waals surface area (Å²) in [4.78, 5) is 12.0. The number of aliphatic hydroxyl groups excluding tert-OH is 1. The van der Waals surface area contributed by atoms with E-state index >= 15 is 0 Å². The Kier molecular flexibility index (Phi) is 2.80. The summed E-state index contributed by atoms with van der Waals surface area (Å²) in [5.41, 5.74) is 3.53. The van der Waals surface area contributed by atoms with Crippen molar-refractivity contribution >= 4 is 11.4 Å². The average molecular weight is 272 g/mol. The van der Waals surface area contributed by atoms with Crippen LogP contribution in [0.1, 0.15) is 37.0 Å². The molecule has 2 aliphatic rings. The van der Waals surface area contributed by atoms with Crippen molar-refractivity contribution in [3.8, 4) is 5.75 Å². The third-order valence-electron chi connectivity index (χ3n) is 4.98. The molecular weight excluding hydrogens is 252 g/mol. The number of aliphatic hydroxyl groups is 1. The Morgan fingerprint density at radius 1 is 1.30 bits per heavy atom. The van der Waals surface area contributed by atoms with E-state index in [0.29, 0.717) is 0 Å². The van der Waals surface area contributed by atoms with Crippen LogP contribution in [0.15, 0.2) is 18.2 Å². The molecule has 3 nitrogen and oxygen atoms in total. The minimum absolute atomic E-state index is 0.157. The maximum absolute atomic E-state index is 12.0. The summed E-state index contributed by atoms with van der Waals surface area (Å²) in [5.74, 6) is 0.195. The molecule has 0 amide bonds. The van der Waals surface area contributed by atoms with Crippen LogP contribution in [0.2, 0.25) is 0 Å². The second-order valence-corrected chi connectivity index (χ2v) is 6.61. The molecule has 1 aromatic carbocycles. The van der Waals surface area contributed by atoms with Crippen LogP contribution in [0.25, 0.3) is 5.57 Å². The van der Waals surface area contributed by atoms with Crippen LogP contribution in [0.5, 0.6) is 5.75 Å². The summed E-state index contributed by atoms with van der Waals surface area (Å²) in [6.07, 6.45) is 2.49. The molecule has 0 spiro atoms. The normalized spacial score (nSPS) is 27.6. The molecule has 0 saturated carbocycles. The first kappa shape index (κ1) is 13.4. The maximum atomic E-state index is 12.0. The lowest BCUT2D eigenvalue weighted by Crippen LogP contribution is -2.46. The van der Waals surface area contributed by atoms with Crippen LogP contribution >= 0.6 is 0 Å². The van der Waals surface area contributed by atoms with Crippen LogP contribution < -0.4 is 0 Å². The number of hydrogen-bond acceptors (Lipinski definition) is 3. The molecular formula is C17H20O3. The molecule has 0 heterocycles. The number of carbonyl (C=O) groups is 1. The minimum atomic E-state index is -0.933. The Hall–Kier alpha value is -1.61. The Morgan fingerprint density at radius 2 is 2.00 bits per heavy atom. The van der Waals surface area contributed by atoms with Crippen molar-refractivity contribution in [1.82, 2.24) is 0 Å². The highest BCUT2D eigenvalue weighted by Gasteiger charge is 2.46. The molecule has 0 saturated heterocycles. The average Bonchev–Trinajstić information content (AvgIpc) is 2.38. The van der Waals surface area contributed by atoms with Gasteiger partial charge >= 0.3 is 0 Å². The Labute approximate surface area is 118 Å². The molecule has 1 aromatic rings. The first-order valence-electron chi connectivity index (χ1n) is 7.08. The summed E-state index contributed by atoms with van der Waals surface area (Å²) in [7, 11) is 0. The highest BCUT2D eigenvalue weighted by atomic mass is 16.3. The van der Waals surface area contributed by atoms with E-state index in [1.54, 1.807) is 12.1 Å². The third-order valence-corrected chi connectivity index (χ3v) is 4.98. The Balaban J connectivity index is 2.20. The SMILES string of the molecule is Cc1cc2c(cc1O)C1=CC(=O)[C@@H](O)C(C)(C)[C@@H]1CC2. The lowest BCUT2D eigenvalue weighted by molar-refractivity contribution is -0.130. The zero-order chi connectivity index (χ0) is 14.7. The number of allylic oxidation sites excluding steroid dienone is 1. The van der Waals surface area contributed by atoms with Crippen LogP contribution in [-0.4, -0.2) is 22.1 Å². The summed E-state index contributed by atoms with van der Waals surface area (Å²) in [5, 5.41) is 20.1. The van der Waals surface area contributed by atoms with Gasteiger partial charge < -0.3 is 10.2 Å². The number of carbonyl (C=O) groups excluding carboxylic acids is 1. The lowest BCUT2D eigenvalue weighted by atomic mass is 9.60. The van der Waals surface area contributed by atoms with E-state index < -0.39 is 11.5 Å². The highest BCUT2D eigenvalue weighted by Crippen LogP contribution is 2.50. The zero-order valence-corrected chi connectivity index (χ0v) is 12.1. The number of rotatable bonds is 0.